The zero-order valence-electron chi connectivity index (χ0n) is 7.83. The van der Waals surface area contributed by atoms with Crippen molar-refractivity contribution < 1.29 is 8.42 Å². The van der Waals surface area contributed by atoms with Gasteiger partial charge in [-0.1, -0.05) is 34.1 Å². The van der Waals surface area contributed by atoms with Crippen molar-refractivity contribution in [2.24, 2.45) is 0 Å². The van der Waals surface area contributed by atoms with Crippen molar-refractivity contribution in [1.29, 1.82) is 0 Å². The highest BCUT2D eigenvalue weighted by molar-refractivity contribution is 9.10. The third-order valence-electron chi connectivity index (χ3n) is 1.91. The minimum atomic E-state index is -3.11. The SMILES string of the molecule is CNS(=O)(=O)CCc1ccccc1Br. The highest BCUT2D eigenvalue weighted by Crippen LogP contribution is 2.16. The highest BCUT2D eigenvalue weighted by atomic mass is 79.9. The second kappa shape index (κ2) is 4.91. The summed E-state index contributed by atoms with van der Waals surface area (Å²) in [6, 6.07) is 7.61. The van der Waals surface area contributed by atoms with Crippen LogP contribution in [0.4, 0.5) is 0 Å². The summed E-state index contributed by atoms with van der Waals surface area (Å²) in [6.45, 7) is 0. The van der Waals surface area contributed by atoms with Gasteiger partial charge >= 0.3 is 0 Å². The van der Waals surface area contributed by atoms with Crippen LogP contribution in [0.15, 0.2) is 28.7 Å². The summed E-state index contributed by atoms with van der Waals surface area (Å²) in [5.74, 6) is 0.117. The van der Waals surface area contributed by atoms with E-state index in [0.29, 0.717) is 6.42 Å². The monoisotopic (exact) mass is 277 g/mol. The van der Waals surface area contributed by atoms with E-state index in [1.165, 1.54) is 7.05 Å². The lowest BCUT2D eigenvalue weighted by molar-refractivity contribution is 0.587. The van der Waals surface area contributed by atoms with E-state index in [2.05, 4.69) is 20.7 Å². The Morgan fingerprint density at radius 2 is 2.00 bits per heavy atom. The van der Waals surface area contributed by atoms with Gasteiger partial charge in [0.15, 0.2) is 0 Å². The predicted molar refractivity (Wildman–Crippen MR) is 60.7 cm³/mol. The molecule has 3 nitrogen and oxygen atoms in total. The van der Waals surface area contributed by atoms with Gasteiger partial charge in [0.1, 0.15) is 0 Å². The number of benzene rings is 1. The molecule has 0 aromatic heterocycles. The number of nitrogens with one attached hydrogen (secondary N) is 1. The first kappa shape index (κ1) is 11.7. The molecule has 0 radical (unpaired) electrons. The van der Waals surface area contributed by atoms with E-state index in [0.717, 1.165) is 10.0 Å². The molecule has 78 valence electrons. The Balaban J connectivity index is 2.68. The maximum atomic E-state index is 11.2. The third-order valence-corrected chi connectivity index (χ3v) is 4.05. The molecule has 0 unspecified atom stereocenters. The minimum Gasteiger partial charge on any atom is -0.218 e. The van der Waals surface area contributed by atoms with Crippen molar-refractivity contribution in [1.82, 2.24) is 4.72 Å². The van der Waals surface area contributed by atoms with Crippen LogP contribution in [0.2, 0.25) is 0 Å². The van der Waals surface area contributed by atoms with Crippen molar-refractivity contribution in [3.8, 4) is 0 Å². The summed E-state index contributed by atoms with van der Waals surface area (Å²) in [4.78, 5) is 0. The van der Waals surface area contributed by atoms with Gasteiger partial charge in [-0.2, -0.15) is 0 Å². The summed E-state index contributed by atoms with van der Waals surface area (Å²) in [5.41, 5.74) is 1.01. The van der Waals surface area contributed by atoms with Gasteiger partial charge in [0, 0.05) is 4.47 Å². The van der Waals surface area contributed by atoms with Crippen molar-refractivity contribution >= 4 is 26.0 Å². The molecule has 0 heterocycles. The lowest BCUT2D eigenvalue weighted by Crippen LogP contribution is -2.23. The van der Waals surface area contributed by atoms with E-state index in [9.17, 15) is 8.42 Å². The second-order valence-corrected chi connectivity index (χ2v) is 5.76. The number of sulfonamides is 1. The highest BCUT2D eigenvalue weighted by Gasteiger charge is 2.08. The average Bonchev–Trinajstić information content (AvgIpc) is 2.17. The van der Waals surface area contributed by atoms with E-state index in [4.69, 9.17) is 0 Å². The molecule has 1 rings (SSSR count). The largest absolute Gasteiger partial charge is 0.218 e. The molecule has 0 spiro atoms. The van der Waals surface area contributed by atoms with Crippen LogP contribution in [0.25, 0.3) is 0 Å². The number of halogens is 1. The summed E-state index contributed by atoms with van der Waals surface area (Å²) < 4.78 is 25.6. The number of hydrogen-bond donors (Lipinski definition) is 1. The van der Waals surface area contributed by atoms with Crippen molar-refractivity contribution in [2.45, 2.75) is 6.42 Å². The van der Waals surface area contributed by atoms with Crippen LogP contribution < -0.4 is 4.72 Å². The van der Waals surface area contributed by atoms with Crippen molar-refractivity contribution in [2.75, 3.05) is 12.8 Å². The van der Waals surface area contributed by atoms with Gasteiger partial charge in [-0.25, -0.2) is 13.1 Å². The van der Waals surface area contributed by atoms with Gasteiger partial charge in [0.05, 0.1) is 5.75 Å². The lowest BCUT2D eigenvalue weighted by atomic mass is 10.2. The molecule has 14 heavy (non-hydrogen) atoms. The Morgan fingerprint density at radius 1 is 1.36 bits per heavy atom. The first-order valence-electron chi connectivity index (χ1n) is 4.20. The summed E-state index contributed by atoms with van der Waals surface area (Å²) >= 11 is 3.37. The van der Waals surface area contributed by atoms with Gasteiger partial charge in [0.25, 0.3) is 0 Å². The lowest BCUT2D eigenvalue weighted by Gasteiger charge is -2.04. The fourth-order valence-electron chi connectivity index (χ4n) is 1.05. The van der Waals surface area contributed by atoms with E-state index in [1.807, 2.05) is 24.3 Å². The quantitative estimate of drug-likeness (QED) is 0.908. The molecule has 0 aliphatic rings. The zero-order valence-corrected chi connectivity index (χ0v) is 10.2. The smallest absolute Gasteiger partial charge is 0.211 e. The molecule has 0 aliphatic heterocycles. The average molecular weight is 278 g/mol. The van der Waals surface area contributed by atoms with Crippen LogP contribution in [0.1, 0.15) is 5.56 Å². The van der Waals surface area contributed by atoms with Gasteiger partial charge in [-0.15, -0.1) is 0 Å². The molecular weight excluding hydrogens is 266 g/mol. The van der Waals surface area contributed by atoms with Crippen molar-refractivity contribution in [3.63, 3.8) is 0 Å². The second-order valence-electron chi connectivity index (χ2n) is 2.86. The van der Waals surface area contributed by atoms with Crippen LogP contribution in [0.5, 0.6) is 0 Å². The Morgan fingerprint density at radius 3 is 2.57 bits per heavy atom. The molecule has 0 aliphatic carbocycles. The van der Waals surface area contributed by atoms with Gasteiger partial charge < -0.3 is 0 Å². The van der Waals surface area contributed by atoms with E-state index < -0.39 is 10.0 Å². The maximum absolute atomic E-state index is 11.2. The van der Waals surface area contributed by atoms with E-state index >= 15 is 0 Å². The molecule has 1 aromatic carbocycles. The summed E-state index contributed by atoms with van der Waals surface area (Å²) in [7, 11) is -1.68. The first-order valence-corrected chi connectivity index (χ1v) is 6.64. The van der Waals surface area contributed by atoms with Gasteiger partial charge in [-0.3, -0.25) is 0 Å². The minimum absolute atomic E-state index is 0.117. The Kier molecular flexibility index (Phi) is 4.10. The first-order chi connectivity index (χ1) is 6.55. The van der Waals surface area contributed by atoms with E-state index in [1.54, 1.807) is 0 Å². The molecule has 0 bridgehead atoms. The number of rotatable bonds is 4. The molecule has 0 amide bonds. The molecule has 0 saturated heterocycles. The molecule has 0 fully saturated rings. The Bertz CT molecular complexity index is 403. The Labute approximate surface area is 92.7 Å². The number of aryl methyl sites for hydroxylation is 1. The van der Waals surface area contributed by atoms with Gasteiger partial charge in [-0.05, 0) is 25.1 Å². The number of hydrogen-bond acceptors (Lipinski definition) is 2. The molecule has 0 saturated carbocycles. The van der Waals surface area contributed by atoms with Crippen LogP contribution in [-0.2, 0) is 16.4 Å². The van der Waals surface area contributed by atoms with Crippen molar-refractivity contribution in [3.05, 3.63) is 34.3 Å². The molecule has 1 N–H and O–H groups in total. The third kappa shape index (κ3) is 3.40. The standard InChI is InChI=1S/C9H12BrNO2S/c1-11-14(12,13)7-6-8-4-2-3-5-9(8)10/h2-5,11H,6-7H2,1H3. The van der Waals surface area contributed by atoms with Crippen LogP contribution in [0, 0.1) is 0 Å². The molecule has 5 heteroatoms. The summed E-state index contributed by atoms with van der Waals surface area (Å²) in [6.07, 6.45) is 0.518. The fourth-order valence-corrected chi connectivity index (χ4v) is 2.22. The maximum Gasteiger partial charge on any atom is 0.211 e. The predicted octanol–water partition coefficient (Wildman–Crippen LogP) is 1.54. The molecule has 1 aromatic rings. The summed E-state index contributed by atoms with van der Waals surface area (Å²) in [5, 5.41) is 0. The van der Waals surface area contributed by atoms with E-state index in [-0.39, 0.29) is 5.75 Å². The molecule has 0 atom stereocenters. The van der Waals surface area contributed by atoms with Crippen LogP contribution >= 0.6 is 15.9 Å². The molecular formula is C9H12BrNO2S. The van der Waals surface area contributed by atoms with Crippen LogP contribution in [-0.4, -0.2) is 21.2 Å². The van der Waals surface area contributed by atoms with Crippen LogP contribution in [0.3, 0.4) is 0 Å². The fraction of sp³-hybridized carbons (Fsp3) is 0.333. The Hall–Kier alpha value is -0.390. The topological polar surface area (TPSA) is 46.2 Å². The van der Waals surface area contributed by atoms with Gasteiger partial charge in [0.2, 0.25) is 10.0 Å². The normalized spacial score (nSPS) is 11.6. The zero-order chi connectivity index (χ0) is 10.6.